The van der Waals surface area contributed by atoms with Gasteiger partial charge in [0.2, 0.25) is 0 Å². The van der Waals surface area contributed by atoms with E-state index in [-0.39, 0.29) is 11.8 Å². The molecule has 0 aromatic heterocycles. The largest absolute Gasteiger partial charge is 0.534 e. The lowest BCUT2D eigenvalue weighted by Crippen LogP contribution is -2.41. The van der Waals surface area contributed by atoms with Gasteiger partial charge < -0.3 is 13.5 Å². The third kappa shape index (κ3) is 5.86. The summed E-state index contributed by atoms with van der Waals surface area (Å²) in [4.78, 5) is 22.6. The van der Waals surface area contributed by atoms with Crippen molar-refractivity contribution < 1.29 is 44.7 Å². The molecule has 7 nitrogen and oxygen atoms in total. The summed E-state index contributed by atoms with van der Waals surface area (Å²) >= 11 is 0. The van der Waals surface area contributed by atoms with Crippen LogP contribution in [0.4, 0.5) is 13.2 Å². The second-order valence-corrected chi connectivity index (χ2v) is 11.8. The van der Waals surface area contributed by atoms with Crippen molar-refractivity contribution in [3.05, 3.63) is 83.9 Å². The van der Waals surface area contributed by atoms with E-state index in [1.54, 1.807) is 18.2 Å². The Bertz CT molecular complexity index is 1720. The van der Waals surface area contributed by atoms with Crippen LogP contribution in [-0.2, 0) is 19.4 Å². The Morgan fingerprint density at radius 3 is 1.68 bits per heavy atom. The first-order valence-electron chi connectivity index (χ1n) is 12.4. The van der Waals surface area contributed by atoms with Crippen LogP contribution < -0.4 is 9.65 Å². The SMILES string of the molecule is CC1(C)OB(c2ccc3ccccc3c2C=O)OC1(C)C.O=Cc1c(OS(=O)(=O)C(F)(F)F)ccc2ccccc12. The zero-order chi connectivity index (χ0) is 30.2. The molecule has 0 spiro atoms. The summed E-state index contributed by atoms with van der Waals surface area (Å²) in [6.07, 6.45) is 1.15. The zero-order valence-electron chi connectivity index (χ0n) is 22.6. The van der Waals surface area contributed by atoms with Gasteiger partial charge in [-0.2, -0.15) is 21.6 Å². The highest BCUT2D eigenvalue weighted by molar-refractivity contribution is 7.88. The fourth-order valence-electron chi connectivity index (χ4n) is 4.25. The van der Waals surface area contributed by atoms with Gasteiger partial charge in [0.25, 0.3) is 0 Å². The molecule has 0 N–H and O–H groups in total. The Balaban J connectivity index is 0.000000189. The first kappa shape index (κ1) is 30.2. The van der Waals surface area contributed by atoms with E-state index in [2.05, 4.69) is 4.18 Å². The molecular weight excluding hydrogens is 560 g/mol. The average Bonchev–Trinajstić information content (AvgIpc) is 3.13. The van der Waals surface area contributed by atoms with Gasteiger partial charge in [0.15, 0.2) is 12.0 Å². The summed E-state index contributed by atoms with van der Waals surface area (Å²) < 4.78 is 74.9. The highest BCUT2D eigenvalue weighted by atomic mass is 32.2. The third-order valence-electron chi connectivity index (χ3n) is 7.16. The fraction of sp³-hybridized carbons (Fsp3) is 0.241. The summed E-state index contributed by atoms with van der Waals surface area (Å²) in [5.74, 6) is -0.656. The third-order valence-corrected chi connectivity index (χ3v) is 8.13. The lowest BCUT2D eigenvalue weighted by atomic mass is 9.75. The Morgan fingerprint density at radius 2 is 1.20 bits per heavy atom. The van der Waals surface area contributed by atoms with E-state index in [0.717, 1.165) is 28.6 Å². The van der Waals surface area contributed by atoms with Crippen LogP contribution in [0.15, 0.2) is 72.8 Å². The number of carbonyl (C=O) groups is 2. The summed E-state index contributed by atoms with van der Waals surface area (Å²) in [5.41, 5.74) is -5.20. The van der Waals surface area contributed by atoms with Crippen molar-refractivity contribution in [2.45, 2.75) is 44.4 Å². The van der Waals surface area contributed by atoms with E-state index < -0.39 is 39.7 Å². The summed E-state index contributed by atoms with van der Waals surface area (Å²) in [6.45, 7) is 8.03. The van der Waals surface area contributed by atoms with Crippen LogP contribution in [0.25, 0.3) is 21.5 Å². The molecule has 1 aliphatic rings. The van der Waals surface area contributed by atoms with Crippen LogP contribution in [0.5, 0.6) is 5.75 Å². The quantitative estimate of drug-likeness (QED) is 0.126. The van der Waals surface area contributed by atoms with Crippen LogP contribution >= 0.6 is 0 Å². The lowest BCUT2D eigenvalue weighted by Gasteiger charge is -2.32. The van der Waals surface area contributed by atoms with Gasteiger partial charge in [-0.3, -0.25) is 9.59 Å². The molecule has 1 heterocycles. The molecule has 0 saturated carbocycles. The molecule has 0 aliphatic carbocycles. The van der Waals surface area contributed by atoms with Gasteiger partial charge in [0.1, 0.15) is 6.29 Å². The first-order chi connectivity index (χ1) is 19.1. The Morgan fingerprint density at radius 1 is 0.732 bits per heavy atom. The average molecular weight is 586 g/mol. The minimum absolute atomic E-state index is 0.254. The molecule has 12 heteroatoms. The molecule has 0 unspecified atom stereocenters. The molecule has 41 heavy (non-hydrogen) atoms. The topological polar surface area (TPSA) is 96.0 Å². The van der Waals surface area contributed by atoms with E-state index in [1.807, 2.05) is 64.1 Å². The predicted octanol–water partition coefficient (Wildman–Crippen LogP) is 5.83. The molecule has 1 aliphatic heterocycles. The van der Waals surface area contributed by atoms with Crippen molar-refractivity contribution in [1.82, 2.24) is 0 Å². The molecule has 1 saturated heterocycles. The van der Waals surface area contributed by atoms with Gasteiger partial charge in [-0.05, 0) is 60.8 Å². The van der Waals surface area contributed by atoms with Gasteiger partial charge in [0.05, 0.1) is 16.8 Å². The molecule has 0 atom stereocenters. The number of rotatable bonds is 5. The number of hydrogen-bond donors (Lipinski definition) is 0. The number of fused-ring (bicyclic) bond motifs is 2. The molecule has 214 valence electrons. The van der Waals surface area contributed by atoms with Crippen LogP contribution in [0, 0.1) is 0 Å². The number of benzene rings is 4. The maximum atomic E-state index is 12.3. The number of alkyl halides is 3. The van der Waals surface area contributed by atoms with Crippen molar-refractivity contribution >= 4 is 56.8 Å². The monoisotopic (exact) mass is 586 g/mol. The van der Waals surface area contributed by atoms with Gasteiger partial charge in [0, 0.05) is 5.56 Å². The number of halogens is 3. The normalized spacial score (nSPS) is 16.2. The summed E-state index contributed by atoms with van der Waals surface area (Å²) in [5, 5.41) is 2.85. The minimum atomic E-state index is -5.81. The molecule has 5 rings (SSSR count). The molecule has 4 aromatic rings. The Kier molecular flexibility index (Phi) is 8.05. The van der Waals surface area contributed by atoms with E-state index in [1.165, 1.54) is 12.1 Å². The van der Waals surface area contributed by atoms with Crippen molar-refractivity contribution in [2.75, 3.05) is 0 Å². The smallest absolute Gasteiger partial charge is 0.399 e. The van der Waals surface area contributed by atoms with Crippen LogP contribution in [-0.4, -0.2) is 44.8 Å². The summed E-state index contributed by atoms with van der Waals surface area (Å²) in [7, 11) is -6.32. The van der Waals surface area contributed by atoms with Gasteiger partial charge in [-0.25, -0.2) is 0 Å². The standard InChI is InChI=1S/C17H19BO3.C12H7F3O4S/c1-16(2)17(3,4)21-18(20-16)15-10-9-12-7-5-6-8-13(12)14(15)11-19;13-12(14,15)20(17,18)19-11-6-5-8-3-1-2-4-9(8)10(11)7-16/h5-11H,1-4H3;1-7H. The molecule has 0 amide bonds. The molecule has 4 aromatic carbocycles. The van der Waals surface area contributed by atoms with Gasteiger partial charge >= 0.3 is 22.7 Å². The number of aldehydes is 2. The lowest BCUT2D eigenvalue weighted by molar-refractivity contribution is -0.0500. The van der Waals surface area contributed by atoms with E-state index in [9.17, 15) is 31.2 Å². The van der Waals surface area contributed by atoms with Crippen molar-refractivity contribution in [3.63, 3.8) is 0 Å². The number of carbonyl (C=O) groups excluding carboxylic acids is 2. The Labute approximate surface area is 235 Å². The van der Waals surface area contributed by atoms with Crippen LogP contribution in [0.3, 0.4) is 0 Å². The fourth-order valence-corrected chi connectivity index (χ4v) is 4.73. The van der Waals surface area contributed by atoms with Crippen molar-refractivity contribution in [2.24, 2.45) is 0 Å². The van der Waals surface area contributed by atoms with E-state index in [0.29, 0.717) is 16.3 Å². The highest BCUT2D eigenvalue weighted by Crippen LogP contribution is 2.37. The Hall–Kier alpha value is -3.74. The van der Waals surface area contributed by atoms with Gasteiger partial charge in [-0.1, -0.05) is 66.7 Å². The maximum Gasteiger partial charge on any atom is 0.534 e. The highest BCUT2D eigenvalue weighted by Gasteiger charge is 2.52. The van der Waals surface area contributed by atoms with Crippen LogP contribution in [0.1, 0.15) is 48.4 Å². The zero-order valence-corrected chi connectivity index (χ0v) is 23.4. The molecular formula is C29H26BF3O7S. The van der Waals surface area contributed by atoms with Crippen LogP contribution in [0.2, 0.25) is 0 Å². The van der Waals surface area contributed by atoms with E-state index >= 15 is 0 Å². The van der Waals surface area contributed by atoms with E-state index in [4.69, 9.17) is 9.31 Å². The van der Waals surface area contributed by atoms with Crippen molar-refractivity contribution in [1.29, 1.82) is 0 Å². The molecule has 0 bridgehead atoms. The molecule has 1 fully saturated rings. The second-order valence-electron chi connectivity index (χ2n) is 10.3. The summed E-state index contributed by atoms with van der Waals surface area (Å²) in [6, 6.07) is 20.5. The molecule has 0 radical (unpaired) electrons. The minimum Gasteiger partial charge on any atom is -0.399 e. The van der Waals surface area contributed by atoms with Crippen molar-refractivity contribution in [3.8, 4) is 5.75 Å². The predicted molar refractivity (Wildman–Crippen MR) is 150 cm³/mol. The second kappa shape index (κ2) is 10.9. The van der Waals surface area contributed by atoms with Gasteiger partial charge in [-0.15, -0.1) is 0 Å². The number of hydrogen-bond acceptors (Lipinski definition) is 7. The maximum absolute atomic E-state index is 12.3. The first-order valence-corrected chi connectivity index (χ1v) is 13.8.